The number of aliphatic hydroxyl groups excluding tert-OH is 1. The zero-order valence-electron chi connectivity index (χ0n) is 9.78. The first-order valence-corrected chi connectivity index (χ1v) is 7.66. The first kappa shape index (κ1) is 14.3. The lowest BCUT2D eigenvalue weighted by atomic mass is 10.5. The quantitative estimate of drug-likeness (QED) is 0.800. The number of hydrogen-bond donors (Lipinski definition) is 2. The molecule has 2 rings (SSSR count). The maximum Gasteiger partial charge on any atom is 0.245 e. The summed E-state index contributed by atoms with van der Waals surface area (Å²) in [5.41, 5.74) is 0. The van der Waals surface area contributed by atoms with Gasteiger partial charge in [-0.2, -0.15) is 5.10 Å². The monoisotopic (exact) mass is 349 g/mol. The van der Waals surface area contributed by atoms with Crippen molar-refractivity contribution in [3.8, 4) is 0 Å². The van der Waals surface area contributed by atoms with Crippen molar-refractivity contribution in [1.82, 2.24) is 14.5 Å². The van der Waals surface area contributed by atoms with Crippen molar-refractivity contribution >= 4 is 26.0 Å². The van der Waals surface area contributed by atoms with Gasteiger partial charge in [-0.3, -0.25) is 4.68 Å². The van der Waals surface area contributed by atoms with Crippen LogP contribution in [-0.4, -0.2) is 29.8 Å². The fraction of sp³-hybridized carbons (Fsp3) is 0.300. The van der Waals surface area contributed by atoms with E-state index in [0.29, 0.717) is 6.54 Å². The van der Waals surface area contributed by atoms with E-state index in [2.05, 4.69) is 25.8 Å². The topological polar surface area (TPSA) is 97.4 Å². The Balaban J connectivity index is 2.03. The lowest BCUT2D eigenvalue weighted by Gasteiger charge is -2.05. The number of aliphatic hydroxyl groups is 1. The van der Waals surface area contributed by atoms with E-state index < -0.39 is 10.0 Å². The van der Waals surface area contributed by atoms with E-state index in [1.165, 1.54) is 6.07 Å². The van der Waals surface area contributed by atoms with Crippen molar-refractivity contribution in [2.24, 2.45) is 0 Å². The van der Waals surface area contributed by atoms with Crippen molar-refractivity contribution in [3.63, 3.8) is 0 Å². The van der Waals surface area contributed by atoms with Crippen LogP contribution in [0.4, 0.5) is 0 Å². The zero-order valence-corrected chi connectivity index (χ0v) is 12.2. The fourth-order valence-corrected chi connectivity index (χ4v) is 3.48. The first-order valence-electron chi connectivity index (χ1n) is 5.39. The van der Waals surface area contributed by atoms with Gasteiger partial charge in [-0.15, -0.1) is 0 Å². The van der Waals surface area contributed by atoms with Gasteiger partial charge in [-0.05, 0) is 22.0 Å². The van der Waals surface area contributed by atoms with E-state index in [1.807, 2.05) is 0 Å². The van der Waals surface area contributed by atoms with Gasteiger partial charge in [0.15, 0.2) is 4.67 Å². The highest BCUT2D eigenvalue weighted by molar-refractivity contribution is 9.10. The molecule has 7 nitrogen and oxygen atoms in total. The number of nitrogens with one attached hydrogen (secondary N) is 1. The van der Waals surface area contributed by atoms with Crippen LogP contribution in [0.15, 0.2) is 38.5 Å². The van der Waals surface area contributed by atoms with Crippen molar-refractivity contribution < 1.29 is 17.9 Å². The molecule has 0 unspecified atom stereocenters. The van der Waals surface area contributed by atoms with Crippen LogP contribution in [0.3, 0.4) is 0 Å². The van der Waals surface area contributed by atoms with Crippen LogP contribution in [0.1, 0.15) is 5.76 Å². The fourth-order valence-electron chi connectivity index (χ4n) is 1.46. The largest absolute Gasteiger partial charge is 0.450 e. The van der Waals surface area contributed by atoms with E-state index in [9.17, 15) is 8.42 Å². The predicted molar refractivity (Wildman–Crippen MR) is 69.7 cm³/mol. The minimum atomic E-state index is -3.68. The molecule has 2 aromatic rings. The van der Waals surface area contributed by atoms with Gasteiger partial charge >= 0.3 is 0 Å². The number of hydrogen-bond acceptors (Lipinski definition) is 5. The molecule has 0 aromatic carbocycles. The van der Waals surface area contributed by atoms with Crippen LogP contribution in [-0.2, 0) is 23.2 Å². The highest BCUT2D eigenvalue weighted by Gasteiger charge is 2.21. The number of halogens is 1. The molecular formula is C10H12BrN3O4S. The van der Waals surface area contributed by atoms with Gasteiger partial charge in [-0.1, -0.05) is 0 Å². The van der Waals surface area contributed by atoms with E-state index in [-0.39, 0.29) is 28.5 Å². The minimum Gasteiger partial charge on any atom is -0.450 e. The van der Waals surface area contributed by atoms with E-state index in [1.54, 1.807) is 23.1 Å². The summed E-state index contributed by atoms with van der Waals surface area (Å²) in [5, 5.41) is 12.9. The minimum absolute atomic E-state index is 0.0305. The molecule has 2 N–H and O–H groups in total. The molecule has 9 heteroatoms. The van der Waals surface area contributed by atoms with Gasteiger partial charge in [0.05, 0.1) is 6.54 Å². The maximum atomic E-state index is 12.0. The summed E-state index contributed by atoms with van der Waals surface area (Å²) in [7, 11) is -3.68. The molecule has 0 bridgehead atoms. The highest BCUT2D eigenvalue weighted by atomic mass is 79.9. The molecule has 0 spiro atoms. The molecular weight excluding hydrogens is 338 g/mol. The van der Waals surface area contributed by atoms with Gasteiger partial charge in [0.2, 0.25) is 10.0 Å². The lowest BCUT2D eigenvalue weighted by Crippen LogP contribution is -2.27. The second-order valence-electron chi connectivity index (χ2n) is 3.68. The molecule has 0 saturated heterocycles. The molecule has 2 aromatic heterocycles. The van der Waals surface area contributed by atoms with Gasteiger partial charge in [0.1, 0.15) is 17.3 Å². The zero-order chi connectivity index (χ0) is 13.9. The van der Waals surface area contributed by atoms with Crippen molar-refractivity contribution in [2.75, 3.05) is 6.54 Å². The standard InChI is InChI=1S/C10H12BrN3O4S/c11-10-9(6-8(7-15)18-10)19(16,17)13-3-5-14-4-1-2-12-14/h1-2,4,6,13,15H,3,5,7H2. The number of furan rings is 1. The van der Waals surface area contributed by atoms with Crippen LogP contribution in [0.5, 0.6) is 0 Å². The van der Waals surface area contributed by atoms with Crippen molar-refractivity contribution in [1.29, 1.82) is 0 Å². The Bertz CT molecular complexity index is 636. The van der Waals surface area contributed by atoms with Gasteiger partial charge in [-0.25, -0.2) is 13.1 Å². The molecule has 19 heavy (non-hydrogen) atoms. The van der Waals surface area contributed by atoms with Gasteiger partial charge < -0.3 is 9.52 Å². The molecule has 0 amide bonds. The second-order valence-corrected chi connectivity index (χ2v) is 6.13. The molecule has 0 aliphatic carbocycles. The summed E-state index contributed by atoms with van der Waals surface area (Å²) >= 11 is 3.01. The normalized spacial score (nSPS) is 11.9. The molecule has 104 valence electrons. The van der Waals surface area contributed by atoms with E-state index in [0.717, 1.165) is 0 Å². The van der Waals surface area contributed by atoms with Crippen LogP contribution in [0, 0.1) is 0 Å². The number of rotatable bonds is 6. The molecule has 0 aliphatic heterocycles. The van der Waals surface area contributed by atoms with Crippen molar-refractivity contribution in [2.45, 2.75) is 18.0 Å². The molecule has 0 aliphatic rings. The summed E-state index contributed by atoms with van der Waals surface area (Å²) in [6, 6.07) is 3.04. The molecule has 0 fully saturated rings. The Morgan fingerprint density at radius 1 is 1.53 bits per heavy atom. The van der Waals surface area contributed by atoms with Crippen LogP contribution < -0.4 is 4.72 Å². The van der Waals surface area contributed by atoms with Gasteiger partial charge in [0.25, 0.3) is 0 Å². The third kappa shape index (κ3) is 3.44. The van der Waals surface area contributed by atoms with Crippen LogP contribution in [0.25, 0.3) is 0 Å². The number of nitrogens with zero attached hydrogens (tertiary/aromatic N) is 2. The molecule has 0 atom stereocenters. The van der Waals surface area contributed by atoms with Gasteiger partial charge in [0, 0.05) is 25.0 Å². The summed E-state index contributed by atoms with van der Waals surface area (Å²) < 4.78 is 33.2. The average Bonchev–Trinajstić information content (AvgIpc) is 2.98. The average molecular weight is 350 g/mol. The summed E-state index contributed by atoms with van der Waals surface area (Å²) in [6.07, 6.45) is 3.36. The van der Waals surface area contributed by atoms with Crippen LogP contribution in [0.2, 0.25) is 0 Å². The number of aromatic nitrogens is 2. The maximum absolute atomic E-state index is 12.0. The summed E-state index contributed by atoms with van der Waals surface area (Å²) in [5.74, 6) is 0.180. The van der Waals surface area contributed by atoms with E-state index >= 15 is 0 Å². The Kier molecular flexibility index (Phi) is 4.40. The van der Waals surface area contributed by atoms with Crippen LogP contribution >= 0.6 is 15.9 Å². The molecule has 2 heterocycles. The SMILES string of the molecule is O=S(=O)(NCCn1cccn1)c1cc(CO)oc1Br. The summed E-state index contributed by atoms with van der Waals surface area (Å²) in [4.78, 5) is -0.0305. The first-order chi connectivity index (χ1) is 9.03. The Morgan fingerprint density at radius 2 is 2.32 bits per heavy atom. The number of sulfonamides is 1. The predicted octanol–water partition coefficient (Wildman–Crippen LogP) is 0.709. The smallest absolute Gasteiger partial charge is 0.245 e. The second kappa shape index (κ2) is 5.87. The third-order valence-electron chi connectivity index (χ3n) is 2.34. The van der Waals surface area contributed by atoms with Crippen molar-refractivity contribution in [3.05, 3.63) is 35.0 Å². The Hall–Kier alpha value is -1.16. The highest BCUT2D eigenvalue weighted by Crippen LogP contribution is 2.25. The molecule has 0 radical (unpaired) electrons. The lowest BCUT2D eigenvalue weighted by molar-refractivity contribution is 0.245. The van der Waals surface area contributed by atoms with E-state index in [4.69, 9.17) is 9.52 Å². The Morgan fingerprint density at radius 3 is 2.89 bits per heavy atom. The summed E-state index contributed by atoms with van der Waals surface area (Å²) in [6.45, 7) is 0.270. The Labute approximate surface area is 118 Å². The molecule has 0 saturated carbocycles. The third-order valence-corrected chi connectivity index (χ3v) is 4.66.